The molecular formula is C22H26ClNO2S. The first-order chi connectivity index (χ1) is 12.8. The second kappa shape index (κ2) is 11.0. The van der Waals surface area contributed by atoms with Crippen molar-refractivity contribution in [1.82, 2.24) is 5.32 Å². The van der Waals surface area contributed by atoms with Crippen molar-refractivity contribution in [2.24, 2.45) is 0 Å². The molecule has 0 amide bonds. The molecule has 1 atom stereocenters. The Morgan fingerprint density at radius 3 is 2.48 bits per heavy atom. The van der Waals surface area contributed by atoms with Crippen molar-refractivity contribution in [3.8, 4) is 11.5 Å². The first kappa shape index (κ1) is 21.3. The highest BCUT2D eigenvalue weighted by Crippen LogP contribution is 2.30. The zero-order chi connectivity index (χ0) is 18.2. The number of hydrogen-bond donors (Lipinski definition) is 1. The van der Waals surface area contributed by atoms with Gasteiger partial charge in [0.25, 0.3) is 0 Å². The van der Waals surface area contributed by atoms with E-state index in [2.05, 4.69) is 60.1 Å². The number of thiophene rings is 1. The monoisotopic (exact) mass is 403 g/mol. The van der Waals surface area contributed by atoms with E-state index in [0.29, 0.717) is 19.3 Å². The van der Waals surface area contributed by atoms with Crippen molar-refractivity contribution in [2.45, 2.75) is 33.0 Å². The number of benzene rings is 2. The molecule has 2 aromatic carbocycles. The molecule has 1 aromatic heterocycles. The lowest BCUT2D eigenvalue weighted by atomic mass is 10.1. The summed E-state index contributed by atoms with van der Waals surface area (Å²) in [6.07, 6.45) is 0. The Bertz CT molecular complexity index is 793. The van der Waals surface area contributed by atoms with E-state index in [-0.39, 0.29) is 12.4 Å². The summed E-state index contributed by atoms with van der Waals surface area (Å²) < 4.78 is 11.7. The maximum absolute atomic E-state index is 5.95. The zero-order valence-corrected chi connectivity index (χ0v) is 17.3. The maximum Gasteiger partial charge on any atom is 0.161 e. The first-order valence-electron chi connectivity index (χ1n) is 8.95. The summed E-state index contributed by atoms with van der Waals surface area (Å²) >= 11 is 1.70. The summed E-state index contributed by atoms with van der Waals surface area (Å²) in [7, 11) is 0. The summed E-state index contributed by atoms with van der Waals surface area (Å²) in [6.45, 7) is 6.14. The number of hydrogen-bond acceptors (Lipinski definition) is 4. The average molecular weight is 404 g/mol. The van der Waals surface area contributed by atoms with E-state index < -0.39 is 0 Å². The molecule has 0 aliphatic rings. The minimum Gasteiger partial charge on any atom is -0.490 e. The number of ether oxygens (including phenoxy) is 2. The van der Waals surface area contributed by atoms with E-state index in [1.54, 1.807) is 11.3 Å². The number of nitrogens with one attached hydrogen (secondary N) is 1. The van der Waals surface area contributed by atoms with Crippen LogP contribution in [0.4, 0.5) is 0 Å². The highest BCUT2D eigenvalue weighted by molar-refractivity contribution is 7.09. The average Bonchev–Trinajstić information content (AvgIpc) is 3.20. The lowest BCUT2D eigenvalue weighted by Gasteiger charge is -2.16. The van der Waals surface area contributed by atoms with Gasteiger partial charge in [-0.3, -0.25) is 0 Å². The van der Waals surface area contributed by atoms with Crippen LogP contribution < -0.4 is 14.8 Å². The number of rotatable bonds is 9. The van der Waals surface area contributed by atoms with Crippen LogP contribution in [0.3, 0.4) is 0 Å². The third kappa shape index (κ3) is 6.28. The van der Waals surface area contributed by atoms with E-state index in [1.165, 1.54) is 16.0 Å². The van der Waals surface area contributed by atoms with E-state index in [9.17, 15) is 0 Å². The second-order valence-corrected chi connectivity index (χ2v) is 7.13. The SMILES string of the molecule is CCOc1cc(CNC(C)c2ccccc2)ccc1OCc1cccs1.Cl. The molecule has 1 heterocycles. The Labute approximate surface area is 171 Å². The van der Waals surface area contributed by atoms with Crippen LogP contribution in [0.2, 0.25) is 0 Å². The zero-order valence-electron chi connectivity index (χ0n) is 15.7. The Morgan fingerprint density at radius 1 is 0.963 bits per heavy atom. The molecule has 3 rings (SSSR count). The van der Waals surface area contributed by atoms with Gasteiger partial charge in [0.1, 0.15) is 6.61 Å². The maximum atomic E-state index is 5.95. The molecule has 144 valence electrons. The normalized spacial score (nSPS) is 11.5. The van der Waals surface area contributed by atoms with Gasteiger partial charge in [-0.25, -0.2) is 0 Å². The lowest BCUT2D eigenvalue weighted by molar-refractivity contribution is 0.271. The van der Waals surface area contributed by atoms with E-state index in [1.807, 2.05) is 25.1 Å². The van der Waals surface area contributed by atoms with Crippen molar-refractivity contribution in [3.63, 3.8) is 0 Å². The van der Waals surface area contributed by atoms with Crippen LogP contribution in [0.15, 0.2) is 66.0 Å². The molecule has 0 spiro atoms. The summed E-state index contributed by atoms with van der Waals surface area (Å²) in [5, 5.41) is 5.62. The molecule has 0 fully saturated rings. The largest absolute Gasteiger partial charge is 0.490 e. The van der Waals surface area contributed by atoms with Crippen LogP contribution in [0.1, 0.15) is 35.9 Å². The van der Waals surface area contributed by atoms with Crippen LogP contribution in [-0.2, 0) is 13.2 Å². The molecule has 1 unspecified atom stereocenters. The topological polar surface area (TPSA) is 30.5 Å². The molecule has 1 N–H and O–H groups in total. The van der Waals surface area contributed by atoms with Gasteiger partial charge in [-0.2, -0.15) is 0 Å². The van der Waals surface area contributed by atoms with Gasteiger partial charge in [-0.15, -0.1) is 23.7 Å². The fourth-order valence-corrected chi connectivity index (χ4v) is 3.34. The Morgan fingerprint density at radius 2 is 1.78 bits per heavy atom. The van der Waals surface area contributed by atoms with E-state index in [4.69, 9.17) is 9.47 Å². The highest BCUT2D eigenvalue weighted by atomic mass is 35.5. The van der Waals surface area contributed by atoms with Gasteiger partial charge >= 0.3 is 0 Å². The summed E-state index contributed by atoms with van der Waals surface area (Å²) in [4.78, 5) is 1.20. The summed E-state index contributed by atoms with van der Waals surface area (Å²) in [5.74, 6) is 1.59. The number of halogens is 1. The van der Waals surface area contributed by atoms with Gasteiger partial charge in [0.2, 0.25) is 0 Å². The van der Waals surface area contributed by atoms with Gasteiger partial charge in [0.05, 0.1) is 6.61 Å². The third-order valence-electron chi connectivity index (χ3n) is 4.17. The smallest absolute Gasteiger partial charge is 0.161 e. The van der Waals surface area contributed by atoms with Crippen molar-refractivity contribution in [2.75, 3.05) is 6.61 Å². The van der Waals surface area contributed by atoms with Gasteiger partial charge in [0.15, 0.2) is 11.5 Å². The van der Waals surface area contributed by atoms with Crippen LogP contribution in [-0.4, -0.2) is 6.61 Å². The molecular weight excluding hydrogens is 378 g/mol. The predicted octanol–water partition coefficient (Wildman–Crippen LogP) is 6.00. The van der Waals surface area contributed by atoms with Crippen molar-refractivity contribution < 1.29 is 9.47 Å². The molecule has 0 bridgehead atoms. The molecule has 0 aliphatic carbocycles. The molecule has 27 heavy (non-hydrogen) atoms. The molecule has 0 radical (unpaired) electrons. The van der Waals surface area contributed by atoms with Gasteiger partial charge in [0, 0.05) is 17.5 Å². The van der Waals surface area contributed by atoms with Gasteiger partial charge in [-0.1, -0.05) is 42.5 Å². The van der Waals surface area contributed by atoms with Crippen molar-refractivity contribution in [3.05, 3.63) is 82.0 Å². The molecule has 0 saturated heterocycles. The fraction of sp³-hybridized carbons (Fsp3) is 0.273. The molecule has 3 nitrogen and oxygen atoms in total. The van der Waals surface area contributed by atoms with Crippen LogP contribution >= 0.6 is 23.7 Å². The van der Waals surface area contributed by atoms with Gasteiger partial charge in [-0.05, 0) is 48.6 Å². The summed E-state index contributed by atoms with van der Waals surface area (Å²) in [6, 6.07) is 21.0. The second-order valence-electron chi connectivity index (χ2n) is 6.10. The highest BCUT2D eigenvalue weighted by Gasteiger charge is 2.09. The Hall–Kier alpha value is -2.01. The molecule has 5 heteroatoms. The lowest BCUT2D eigenvalue weighted by Crippen LogP contribution is -2.18. The quantitative estimate of drug-likeness (QED) is 0.475. The van der Waals surface area contributed by atoms with Crippen molar-refractivity contribution >= 4 is 23.7 Å². The van der Waals surface area contributed by atoms with Crippen molar-refractivity contribution in [1.29, 1.82) is 0 Å². The fourth-order valence-electron chi connectivity index (χ4n) is 2.72. The molecule has 0 saturated carbocycles. The van der Waals surface area contributed by atoms with E-state index in [0.717, 1.165) is 18.0 Å². The minimum absolute atomic E-state index is 0. The molecule has 3 aromatic rings. The third-order valence-corrected chi connectivity index (χ3v) is 5.02. The first-order valence-corrected chi connectivity index (χ1v) is 9.83. The van der Waals surface area contributed by atoms with E-state index >= 15 is 0 Å². The predicted molar refractivity (Wildman–Crippen MR) is 115 cm³/mol. The molecule has 0 aliphatic heterocycles. The minimum atomic E-state index is 0. The standard InChI is InChI=1S/C22H25NO2S.ClH/c1-3-24-22-14-18(15-23-17(2)19-8-5-4-6-9-19)11-12-21(22)25-16-20-10-7-13-26-20;/h4-14,17,23H,3,15-16H2,1-2H3;1H. The Kier molecular flexibility index (Phi) is 8.65. The van der Waals surface area contributed by atoms with Gasteiger partial charge < -0.3 is 14.8 Å². The van der Waals surface area contributed by atoms with Crippen LogP contribution in [0.5, 0.6) is 11.5 Å². The van der Waals surface area contributed by atoms with Crippen LogP contribution in [0.25, 0.3) is 0 Å². The van der Waals surface area contributed by atoms with Crippen LogP contribution in [0, 0.1) is 0 Å². The summed E-state index contributed by atoms with van der Waals surface area (Å²) in [5.41, 5.74) is 2.47. The Balaban J connectivity index is 0.00000261.